The predicted molar refractivity (Wildman–Crippen MR) is 72.1 cm³/mol. The fraction of sp³-hybridized carbons (Fsp3) is 0.500. The Balaban J connectivity index is 1.73. The van der Waals surface area contributed by atoms with Gasteiger partial charge >= 0.3 is 0 Å². The van der Waals surface area contributed by atoms with Gasteiger partial charge in [0.2, 0.25) is 5.91 Å². The molecule has 1 aromatic rings. The van der Waals surface area contributed by atoms with E-state index in [1.165, 1.54) is 5.56 Å². The van der Waals surface area contributed by atoms with Crippen molar-refractivity contribution in [1.29, 1.82) is 0 Å². The smallest absolute Gasteiger partial charge is 0.234 e. The van der Waals surface area contributed by atoms with Crippen molar-refractivity contribution in [3.05, 3.63) is 35.4 Å². The van der Waals surface area contributed by atoms with Crippen molar-refractivity contribution >= 4 is 5.91 Å². The molecule has 0 aliphatic carbocycles. The molecule has 4 nitrogen and oxygen atoms in total. The summed E-state index contributed by atoms with van der Waals surface area (Å²) in [6.07, 6.45) is 0.991. The van der Waals surface area contributed by atoms with Gasteiger partial charge in [0, 0.05) is 25.7 Å². The van der Waals surface area contributed by atoms with Gasteiger partial charge in [-0.15, -0.1) is 0 Å². The summed E-state index contributed by atoms with van der Waals surface area (Å²) in [6.45, 7) is 4.87. The summed E-state index contributed by atoms with van der Waals surface area (Å²) in [5, 5.41) is 2.94. The minimum Gasteiger partial charge on any atom is -0.351 e. The van der Waals surface area contributed by atoms with Crippen LogP contribution in [0, 0.1) is 6.92 Å². The number of nitrogens with one attached hydrogen (secondary N) is 1. The molecule has 1 unspecified atom stereocenters. The van der Waals surface area contributed by atoms with E-state index < -0.39 is 0 Å². The SMILES string of the molecule is Cc1ccc(CNC(=O)CN2CCC(N)C2)cc1. The first-order chi connectivity index (χ1) is 8.63. The largest absolute Gasteiger partial charge is 0.351 e. The zero-order chi connectivity index (χ0) is 13.0. The molecule has 3 N–H and O–H groups in total. The van der Waals surface area contributed by atoms with E-state index in [0.29, 0.717) is 13.1 Å². The third-order valence-corrected chi connectivity index (χ3v) is 3.29. The van der Waals surface area contributed by atoms with Crippen molar-refractivity contribution in [3.8, 4) is 0 Å². The second-order valence-corrected chi connectivity index (χ2v) is 5.05. The Morgan fingerprint density at radius 3 is 2.78 bits per heavy atom. The quantitative estimate of drug-likeness (QED) is 0.821. The highest BCUT2D eigenvalue weighted by atomic mass is 16.2. The van der Waals surface area contributed by atoms with Gasteiger partial charge in [0.1, 0.15) is 0 Å². The molecule has 1 fully saturated rings. The van der Waals surface area contributed by atoms with Gasteiger partial charge in [0.05, 0.1) is 6.54 Å². The first-order valence-corrected chi connectivity index (χ1v) is 6.43. The average Bonchev–Trinajstić information content (AvgIpc) is 2.74. The molecule has 4 heteroatoms. The Kier molecular flexibility index (Phi) is 4.33. The summed E-state index contributed by atoms with van der Waals surface area (Å²) in [5.41, 5.74) is 8.17. The fourth-order valence-electron chi connectivity index (χ4n) is 2.17. The molecule has 1 aliphatic heterocycles. The molecule has 1 aliphatic rings. The van der Waals surface area contributed by atoms with Gasteiger partial charge < -0.3 is 11.1 Å². The van der Waals surface area contributed by atoms with Gasteiger partial charge in [0.25, 0.3) is 0 Å². The summed E-state index contributed by atoms with van der Waals surface area (Å²) in [7, 11) is 0. The standard InChI is InChI=1S/C14H21N3O/c1-11-2-4-12(5-3-11)8-16-14(18)10-17-7-6-13(15)9-17/h2-5,13H,6-10,15H2,1H3,(H,16,18). The number of hydrogen-bond acceptors (Lipinski definition) is 3. The number of carbonyl (C=O) groups excluding carboxylic acids is 1. The van der Waals surface area contributed by atoms with E-state index >= 15 is 0 Å². The van der Waals surface area contributed by atoms with Crippen LogP contribution >= 0.6 is 0 Å². The van der Waals surface area contributed by atoms with Crippen molar-refractivity contribution in [2.75, 3.05) is 19.6 Å². The second kappa shape index (κ2) is 5.98. The number of amides is 1. The van der Waals surface area contributed by atoms with Crippen molar-refractivity contribution in [2.24, 2.45) is 5.73 Å². The van der Waals surface area contributed by atoms with E-state index in [-0.39, 0.29) is 11.9 Å². The molecule has 2 rings (SSSR count). The zero-order valence-corrected chi connectivity index (χ0v) is 10.9. The Hall–Kier alpha value is -1.39. The lowest BCUT2D eigenvalue weighted by Crippen LogP contribution is -2.37. The van der Waals surface area contributed by atoms with Crippen molar-refractivity contribution < 1.29 is 4.79 Å². The van der Waals surface area contributed by atoms with Gasteiger partial charge in [-0.1, -0.05) is 29.8 Å². The van der Waals surface area contributed by atoms with Crippen molar-refractivity contribution in [1.82, 2.24) is 10.2 Å². The Bertz CT molecular complexity index is 402. The minimum atomic E-state index is 0.0738. The molecule has 1 amide bonds. The van der Waals surface area contributed by atoms with E-state index in [0.717, 1.165) is 25.1 Å². The number of rotatable bonds is 4. The Morgan fingerprint density at radius 2 is 2.17 bits per heavy atom. The normalized spacial score (nSPS) is 20.0. The third-order valence-electron chi connectivity index (χ3n) is 3.29. The van der Waals surface area contributed by atoms with Crippen LogP contribution < -0.4 is 11.1 Å². The minimum absolute atomic E-state index is 0.0738. The molecule has 0 radical (unpaired) electrons. The molecule has 0 bridgehead atoms. The molecule has 1 aromatic carbocycles. The van der Waals surface area contributed by atoms with Crippen molar-refractivity contribution in [3.63, 3.8) is 0 Å². The summed E-state index contributed by atoms with van der Waals surface area (Å²) in [4.78, 5) is 13.9. The summed E-state index contributed by atoms with van der Waals surface area (Å²) < 4.78 is 0. The Labute approximate surface area is 108 Å². The van der Waals surface area contributed by atoms with Crippen LogP contribution in [0.4, 0.5) is 0 Å². The number of nitrogens with zero attached hydrogens (tertiary/aromatic N) is 1. The number of likely N-dealkylation sites (tertiary alicyclic amines) is 1. The first kappa shape index (κ1) is 13.1. The van der Waals surface area contributed by atoms with E-state index in [1.54, 1.807) is 0 Å². The van der Waals surface area contributed by atoms with Gasteiger partial charge in [-0.2, -0.15) is 0 Å². The van der Waals surface area contributed by atoms with Crippen LogP contribution in [0.5, 0.6) is 0 Å². The topological polar surface area (TPSA) is 58.4 Å². The summed E-state index contributed by atoms with van der Waals surface area (Å²) in [5.74, 6) is 0.0738. The predicted octanol–water partition coefficient (Wildman–Crippen LogP) is 0.644. The van der Waals surface area contributed by atoms with E-state index in [1.807, 2.05) is 12.1 Å². The van der Waals surface area contributed by atoms with E-state index in [4.69, 9.17) is 5.73 Å². The van der Waals surface area contributed by atoms with Crippen LogP contribution in [0.3, 0.4) is 0 Å². The van der Waals surface area contributed by atoms with E-state index in [2.05, 4.69) is 29.3 Å². The number of carbonyl (C=O) groups is 1. The fourth-order valence-corrected chi connectivity index (χ4v) is 2.17. The lowest BCUT2D eigenvalue weighted by atomic mass is 10.1. The van der Waals surface area contributed by atoms with Gasteiger partial charge in [0.15, 0.2) is 0 Å². The molecular formula is C14H21N3O. The average molecular weight is 247 g/mol. The lowest BCUT2D eigenvalue weighted by Gasteiger charge is -2.14. The highest BCUT2D eigenvalue weighted by Crippen LogP contribution is 2.06. The number of benzene rings is 1. The monoisotopic (exact) mass is 247 g/mol. The van der Waals surface area contributed by atoms with Crippen LogP contribution in [0.2, 0.25) is 0 Å². The van der Waals surface area contributed by atoms with Crippen molar-refractivity contribution in [2.45, 2.75) is 25.9 Å². The molecule has 98 valence electrons. The second-order valence-electron chi connectivity index (χ2n) is 5.05. The van der Waals surface area contributed by atoms with Crippen LogP contribution in [0.1, 0.15) is 17.5 Å². The van der Waals surface area contributed by atoms with Crippen LogP contribution in [0.25, 0.3) is 0 Å². The molecule has 1 saturated heterocycles. The first-order valence-electron chi connectivity index (χ1n) is 6.43. The number of nitrogens with two attached hydrogens (primary N) is 1. The molecule has 0 saturated carbocycles. The molecule has 0 aromatic heterocycles. The molecule has 18 heavy (non-hydrogen) atoms. The van der Waals surface area contributed by atoms with E-state index in [9.17, 15) is 4.79 Å². The molecular weight excluding hydrogens is 226 g/mol. The summed E-state index contributed by atoms with van der Waals surface area (Å²) >= 11 is 0. The van der Waals surface area contributed by atoms with Crippen LogP contribution in [-0.2, 0) is 11.3 Å². The molecule has 0 spiro atoms. The highest BCUT2D eigenvalue weighted by molar-refractivity contribution is 5.78. The Morgan fingerprint density at radius 1 is 1.44 bits per heavy atom. The van der Waals surface area contributed by atoms with Crippen LogP contribution in [0.15, 0.2) is 24.3 Å². The number of hydrogen-bond donors (Lipinski definition) is 2. The maximum atomic E-state index is 11.8. The maximum absolute atomic E-state index is 11.8. The maximum Gasteiger partial charge on any atom is 0.234 e. The van der Waals surface area contributed by atoms with Gasteiger partial charge in [-0.05, 0) is 18.9 Å². The van der Waals surface area contributed by atoms with Gasteiger partial charge in [-0.25, -0.2) is 0 Å². The summed E-state index contributed by atoms with van der Waals surface area (Å²) in [6, 6.07) is 8.43. The zero-order valence-electron chi connectivity index (χ0n) is 10.9. The van der Waals surface area contributed by atoms with Crippen LogP contribution in [-0.4, -0.2) is 36.5 Å². The third kappa shape index (κ3) is 3.82. The highest BCUT2D eigenvalue weighted by Gasteiger charge is 2.20. The molecule has 1 atom stereocenters. The molecule has 1 heterocycles. The van der Waals surface area contributed by atoms with Gasteiger partial charge in [-0.3, -0.25) is 9.69 Å². The number of aryl methyl sites for hydroxylation is 1. The lowest BCUT2D eigenvalue weighted by molar-refractivity contribution is -0.122.